The molecule has 0 aliphatic rings. The lowest BCUT2D eigenvalue weighted by Gasteiger charge is -2.19. The molecule has 0 rings (SSSR count). The van der Waals surface area contributed by atoms with Gasteiger partial charge in [-0.3, -0.25) is 0 Å². The first-order chi connectivity index (χ1) is 6.37. The third-order valence-electron chi connectivity index (χ3n) is 2.13. The first kappa shape index (κ1) is 13.6. The summed E-state index contributed by atoms with van der Waals surface area (Å²) in [5.41, 5.74) is 0.193. The second-order valence-corrected chi connectivity index (χ2v) is 4.27. The molecule has 0 aromatic carbocycles. The van der Waals surface area contributed by atoms with Crippen LogP contribution in [0.2, 0.25) is 0 Å². The fourth-order valence-corrected chi connectivity index (χ4v) is 1.07. The van der Waals surface area contributed by atoms with E-state index in [2.05, 4.69) is 0 Å². The van der Waals surface area contributed by atoms with Gasteiger partial charge in [0.25, 0.3) is 0 Å². The normalized spacial score (nSPS) is 15.7. The summed E-state index contributed by atoms with van der Waals surface area (Å²) in [6, 6.07) is 0. The Bertz CT molecular complexity index is 179. The third kappa shape index (κ3) is 7.06. The van der Waals surface area contributed by atoms with Crippen LogP contribution in [0.25, 0.3) is 0 Å². The number of methoxy groups -OCH3 is 1. The monoisotopic (exact) mass is 202 g/mol. The second kappa shape index (κ2) is 6.17. The van der Waals surface area contributed by atoms with Crippen molar-refractivity contribution in [2.75, 3.05) is 13.7 Å². The van der Waals surface area contributed by atoms with Crippen LogP contribution in [-0.2, 0) is 4.74 Å². The molecule has 0 aromatic heterocycles. The zero-order valence-corrected chi connectivity index (χ0v) is 9.58. The van der Waals surface area contributed by atoms with Crippen LogP contribution in [-0.4, -0.2) is 35.6 Å². The molecule has 14 heavy (non-hydrogen) atoms. The smallest absolute Gasteiger partial charge is 0.0749 e. The van der Waals surface area contributed by atoms with E-state index in [-0.39, 0.29) is 0 Å². The lowest BCUT2D eigenvalue weighted by atomic mass is 9.97. The molecule has 3 nitrogen and oxygen atoms in total. The topological polar surface area (TPSA) is 49.7 Å². The zero-order chi connectivity index (χ0) is 11.2. The maximum Gasteiger partial charge on any atom is 0.0749 e. The number of hydrogen-bond donors (Lipinski definition) is 2. The summed E-state index contributed by atoms with van der Waals surface area (Å²) in [5, 5.41) is 19.1. The van der Waals surface area contributed by atoms with Gasteiger partial charge in [-0.25, -0.2) is 0 Å². The van der Waals surface area contributed by atoms with Crippen molar-refractivity contribution in [2.45, 2.75) is 45.3 Å². The van der Waals surface area contributed by atoms with E-state index in [4.69, 9.17) is 4.74 Å². The summed E-state index contributed by atoms with van der Waals surface area (Å²) in [6.45, 7) is 5.88. The van der Waals surface area contributed by atoms with Crippen LogP contribution >= 0.6 is 0 Å². The summed E-state index contributed by atoms with van der Waals surface area (Å²) in [4.78, 5) is 0. The molecule has 0 saturated heterocycles. The highest BCUT2D eigenvalue weighted by Crippen LogP contribution is 2.15. The van der Waals surface area contributed by atoms with Crippen molar-refractivity contribution in [3.8, 4) is 0 Å². The number of hydrogen-bond acceptors (Lipinski definition) is 3. The summed E-state index contributed by atoms with van der Waals surface area (Å²) < 4.78 is 4.87. The molecule has 1 unspecified atom stereocenters. The minimum Gasteiger partial charge on any atom is -0.390 e. The van der Waals surface area contributed by atoms with Crippen LogP contribution in [0.5, 0.6) is 0 Å². The number of aliphatic hydroxyl groups is 2. The molecular formula is C11H22O3. The van der Waals surface area contributed by atoms with Crippen molar-refractivity contribution in [1.82, 2.24) is 0 Å². The SMILES string of the molecule is COC/C=C(\C)C(O)CCC(C)(C)O. The van der Waals surface area contributed by atoms with Crippen molar-refractivity contribution < 1.29 is 14.9 Å². The molecule has 0 radical (unpaired) electrons. The quantitative estimate of drug-likeness (QED) is 0.642. The molecule has 0 saturated carbocycles. The van der Waals surface area contributed by atoms with Crippen LogP contribution < -0.4 is 0 Å². The van der Waals surface area contributed by atoms with E-state index in [1.54, 1.807) is 21.0 Å². The maximum atomic E-state index is 9.67. The lowest BCUT2D eigenvalue weighted by molar-refractivity contribution is 0.0542. The molecule has 0 fully saturated rings. The van der Waals surface area contributed by atoms with Crippen LogP contribution in [0.4, 0.5) is 0 Å². The van der Waals surface area contributed by atoms with Gasteiger partial charge in [0, 0.05) is 7.11 Å². The van der Waals surface area contributed by atoms with Crippen LogP contribution in [0, 0.1) is 0 Å². The molecule has 0 aliphatic heterocycles. The van der Waals surface area contributed by atoms with Gasteiger partial charge in [0.15, 0.2) is 0 Å². The molecule has 2 N–H and O–H groups in total. The predicted octanol–water partition coefficient (Wildman–Crippen LogP) is 1.49. The van der Waals surface area contributed by atoms with Crippen LogP contribution in [0.1, 0.15) is 33.6 Å². The Kier molecular flexibility index (Phi) is 6.00. The second-order valence-electron chi connectivity index (χ2n) is 4.27. The van der Waals surface area contributed by atoms with Crippen molar-refractivity contribution in [2.24, 2.45) is 0 Å². The van der Waals surface area contributed by atoms with E-state index >= 15 is 0 Å². The zero-order valence-electron chi connectivity index (χ0n) is 9.58. The van der Waals surface area contributed by atoms with Crippen molar-refractivity contribution in [1.29, 1.82) is 0 Å². The highest BCUT2D eigenvalue weighted by atomic mass is 16.5. The van der Waals surface area contributed by atoms with E-state index in [0.717, 1.165) is 5.57 Å². The van der Waals surface area contributed by atoms with Crippen LogP contribution in [0.15, 0.2) is 11.6 Å². The average molecular weight is 202 g/mol. The van der Waals surface area contributed by atoms with Gasteiger partial charge in [-0.15, -0.1) is 0 Å². The van der Waals surface area contributed by atoms with Gasteiger partial charge in [0.1, 0.15) is 0 Å². The third-order valence-corrected chi connectivity index (χ3v) is 2.13. The molecule has 84 valence electrons. The Morgan fingerprint density at radius 1 is 1.50 bits per heavy atom. The van der Waals surface area contributed by atoms with Gasteiger partial charge in [-0.2, -0.15) is 0 Å². The van der Waals surface area contributed by atoms with E-state index < -0.39 is 11.7 Å². The lowest BCUT2D eigenvalue weighted by Crippen LogP contribution is -2.22. The van der Waals surface area contributed by atoms with Gasteiger partial charge in [0.2, 0.25) is 0 Å². The molecule has 0 spiro atoms. The van der Waals surface area contributed by atoms with Crippen molar-refractivity contribution >= 4 is 0 Å². The summed E-state index contributed by atoms with van der Waals surface area (Å²) >= 11 is 0. The first-order valence-electron chi connectivity index (χ1n) is 4.93. The Hall–Kier alpha value is -0.380. The van der Waals surface area contributed by atoms with Crippen molar-refractivity contribution in [3.63, 3.8) is 0 Å². The van der Waals surface area contributed by atoms with E-state index in [9.17, 15) is 10.2 Å². The molecule has 3 heteroatoms. The van der Waals surface area contributed by atoms with Gasteiger partial charge >= 0.3 is 0 Å². The Morgan fingerprint density at radius 2 is 2.07 bits per heavy atom. The van der Waals surface area contributed by atoms with E-state index in [1.165, 1.54) is 0 Å². The Morgan fingerprint density at radius 3 is 2.50 bits per heavy atom. The summed E-state index contributed by atoms with van der Waals surface area (Å²) in [7, 11) is 1.62. The Labute approximate surface area is 86.4 Å². The first-order valence-corrected chi connectivity index (χ1v) is 4.93. The number of aliphatic hydroxyl groups excluding tert-OH is 1. The fourth-order valence-electron chi connectivity index (χ4n) is 1.07. The summed E-state index contributed by atoms with van der Waals surface area (Å²) in [5.74, 6) is 0. The highest BCUT2D eigenvalue weighted by Gasteiger charge is 2.15. The van der Waals surface area contributed by atoms with Crippen LogP contribution in [0.3, 0.4) is 0 Å². The molecule has 0 aromatic rings. The highest BCUT2D eigenvalue weighted by molar-refractivity contribution is 5.04. The van der Waals surface area contributed by atoms with Gasteiger partial charge in [0.05, 0.1) is 18.3 Å². The molecule has 0 bridgehead atoms. The van der Waals surface area contributed by atoms with Gasteiger partial charge in [-0.1, -0.05) is 6.08 Å². The van der Waals surface area contributed by atoms with Gasteiger partial charge < -0.3 is 14.9 Å². The molecule has 0 aliphatic carbocycles. The average Bonchev–Trinajstić information content (AvgIpc) is 2.09. The largest absolute Gasteiger partial charge is 0.390 e. The number of rotatable bonds is 6. The molecular weight excluding hydrogens is 180 g/mol. The van der Waals surface area contributed by atoms with E-state index in [1.807, 2.05) is 13.0 Å². The maximum absolute atomic E-state index is 9.67. The number of ether oxygens (including phenoxy) is 1. The molecule has 0 heterocycles. The summed E-state index contributed by atoms with van der Waals surface area (Å²) in [6.07, 6.45) is 2.55. The minimum atomic E-state index is -0.706. The standard InChI is InChI=1S/C11H22O3/c1-9(6-8-14-4)10(12)5-7-11(2,3)13/h6,10,12-13H,5,7-8H2,1-4H3/b9-6+. The Balaban J connectivity index is 3.89. The molecule has 1 atom stereocenters. The minimum absolute atomic E-state index is 0.475. The van der Waals surface area contributed by atoms with Gasteiger partial charge in [-0.05, 0) is 39.2 Å². The molecule has 0 amide bonds. The van der Waals surface area contributed by atoms with E-state index in [0.29, 0.717) is 19.4 Å². The van der Waals surface area contributed by atoms with Crippen molar-refractivity contribution in [3.05, 3.63) is 11.6 Å². The predicted molar refractivity (Wildman–Crippen MR) is 57.2 cm³/mol. The fraction of sp³-hybridized carbons (Fsp3) is 0.818.